The predicted molar refractivity (Wildman–Crippen MR) is 83.5 cm³/mol. The second-order valence-corrected chi connectivity index (χ2v) is 6.83. The number of nitrogens with one attached hydrogen (secondary N) is 1. The summed E-state index contributed by atoms with van der Waals surface area (Å²) in [5.41, 5.74) is 0.459. The first-order chi connectivity index (χ1) is 10.1. The van der Waals surface area contributed by atoms with Crippen LogP contribution in [0.3, 0.4) is 0 Å². The van der Waals surface area contributed by atoms with E-state index in [1.54, 1.807) is 18.2 Å². The van der Waals surface area contributed by atoms with Crippen LogP contribution in [0.5, 0.6) is 0 Å². The molecule has 1 aliphatic carbocycles. The quantitative estimate of drug-likeness (QED) is 0.880. The molecule has 1 spiro atoms. The van der Waals surface area contributed by atoms with Gasteiger partial charge in [0, 0.05) is 23.9 Å². The zero-order chi connectivity index (χ0) is 14.9. The van der Waals surface area contributed by atoms with Gasteiger partial charge < -0.3 is 14.8 Å². The minimum absolute atomic E-state index is 0.0852. The maximum atomic E-state index is 12.2. The highest BCUT2D eigenvalue weighted by atomic mass is 79.9. The van der Waals surface area contributed by atoms with Gasteiger partial charge in [-0.15, -0.1) is 0 Å². The van der Waals surface area contributed by atoms with E-state index in [4.69, 9.17) is 21.1 Å². The van der Waals surface area contributed by atoms with E-state index in [-0.39, 0.29) is 17.8 Å². The van der Waals surface area contributed by atoms with E-state index in [2.05, 4.69) is 21.2 Å². The number of carbonyl (C=O) groups is 1. The van der Waals surface area contributed by atoms with E-state index in [0.717, 1.165) is 30.2 Å². The van der Waals surface area contributed by atoms with Crippen LogP contribution in [-0.2, 0) is 9.47 Å². The summed E-state index contributed by atoms with van der Waals surface area (Å²) >= 11 is 9.39. The van der Waals surface area contributed by atoms with Crippen molar-refractivity contribution < 1.29 is 14.3 Å². The van der Waals surface area contributed by atoms with Gasteiger partial charge in [-0.05, 0) is 31.0 Å². The van der Waals surface area contributed by atoms with Gasteiger partial charge >= 0.3 is 0 Å². The molecule has 1 atom stereocenters. The Balaban J connectivity index is 1.56. The van der Waals surface area contributed by atoms with E-state index in [1.807, 2.05) is 0 Å². The summed E-state index contributed by atoms with van der Waals surface area (Å²) in [7, 11) is 0. The van der Waals surface area contributed by atoms with Gasteiger partial charge in [0.2, 0.25) is 0 Å². The van der Waals surface area contributed by atoms with Crippen LogP contribution in [0.2, 0.25) is 5.02 Å². The van der Waals surface area contributed by atoms with Gasteiger partial charge in [-0.1, -0.05) is 27.5 Å². The van der Waals surface area contributed by atoms with Crippen LogP contribution in [0.25, 0.3) is 0 Å². The lowest BCUT2D eigenvalue weighted by molar-refractivity contribution is -0.161. The number of hydrogen-bond acceptors (Lipinski definition) is 3. The van der Waals surface area contributed by atoms with Crippen LogP contribution in [0.1, 0.15) is 36.0 Å². The fourth-order valence-corrected chi connectivity index (χ4v) is 3.43. The maximum absolute atomic E-state index is 12.2. The van der Waals surface area contributed by atoms with Crippen LogP contribution in [0.4, 0.5) is 0 Å². The highest BCUT2D eigenvalue weighted by Gasteiger charge is 2.43. The van der Waals surface area contributed by atoms with Crippen molar-refractivity contribution >= 4 is 33.4 Å². The van der Waals surface area contributed by atoms with Gasteiger partial charge in [0.1, 0.15) is 6.10 Å². The standard InChI is InChI=1S/C15H17BrClNO3/c16-10-3-4-13(17)12(7-10)14(19)18-8-11-9-20-15(21-11)5-1-2-6-15/h3-4,7,11H,1-2,5-6,8-9H2,(H,18,19). The van der Waals surface area contributed by atoms with Crippen molar-refractivity contribution in [3.63, 3.8) is 0 Å². The molecule has 1 unspecified atom stereocenters. The number of rotatable bonds is 3. The fourth-order valence-electron chi connectivity index (χ4n) is 2.87. The Hall–Kier alpha value is -0.620. The topological polar surface area (TPSA) is 47.6 Å². The lowest BCUT2D eigenvalue weighted by Crippen LogP contribution is -2.35. The predicted octanol–water partition coefficient (Wildman–Crippen LogP) is 3.52. The SMILES string of the molecule is O=C(NCC1COC2(CCCC2)O1)c1cc(Br)ccc1Cl. The smallest absolute Gasteiger partial charge is 0.252 e. The zero-order valence-electron chi connectivity index (χ0n) is 11.5. The first-order valence-corrected chi connectivity index (χ1v) is 8.30. The third-order valence-electron chi connectivity index (χ3n) is 3.94. The van der Waals surface area contributed by atoms with Crippen molar-refractivity contribution in [1.82, 2.24) is 5.32 Å². The van der Waals surface area contributed by atoms with Crippen LogP contribution in [0, 0.1) is 0 Å². The molecule has 1 aromatic carbocycles. The number of halogens is 2. The molecule has 4 nitrogen and oxygen atoms in total. The van der Waals surface area contributed by atoms with Crippen molar-refractivity contribution in [2.45, 2.75) is 37.6 Å². The Labute approximate surface area is 137 Å². The molecule has 0 radical (unpaired) electrons. The van der Waals surface area contributed by atoms with E-state index in [0.29, 0.717) is 23.7 Å². The molecule has 1 aromatic rings. The molecular formula is C15H17BrClNO3. The average Bonchev–Trinajstić information content (AvgIpc) is 3.09. The minimum atomic E-state index is -0.386. The Morgan fingerprint density at radius 1 is 1.43 bits per heavy atom. The van der Waals surface area contributed by atoms with Crippen LogP contribution < -0.4 is 5.32 Å². The van der Waals surface area contributed by atoms with Gasteiger partial charge in [0.15, 0.2) is 5.79 Å². The van der Waals surface area contributed by atoms with Gasteiger partial charge in [0.25, 0.3) is 5.91 Å². The zero-order valence-corrected chi connectivity index (χ0v) is 13.9. The number of ether oxygens (including phenoxy) is 2. The summed E-state index contributed by atoms with van der Waals surface area (Å²) in [6.45, 7) is 0.968. The van der Waals surface area contributed by atoms with E-state index < -0.39 is 0 Å². The second kappa shape index (κ2) is 6.24. The number of benzene rings is 1. The summed E-state index contributed by atoms with van der Waals surface area (Å²) in [6, 6.07) is 5.21. The summed E-state index contributed by atoms with van der Waals surface area (Å²) in [5.74, 6) is -0.583. The van der Waals surface area contributed by atoms with Crippen LogP contribution >= 0.6 is 27.5 Å². The Morgan fingerprint density at radius 3 is 2.95 bits per heavy atom. The van der Waals surface area contributed by atoms with Crippen molar-refractivity contribution in [1.29, 1.82) is 0 Å². The second-order valence-electron chi connectivity index (χ2n) is 5.50. The largest absolute Gasteiger partial charge is 0.349 e. The molecule has 1 saturated heterocycles. The molecule has 1 aliphatic heterocycles. The van der Waals surface area contributed by atoms with Crippen molar-refractivity contribution in [2.75, 3.05) is 13.2 Å². The summed E-state index contributed by atoms with van der Waals surface area (Å²) in [5, 5.41) is 3.30. The fraction of sp³-hybridized carbons (Fsp3) is 0.533. The average molecular weight is 375 g/mol. The van der Waals surface area contributed by atoms with Gasteiger partial charge in [-0.3, -0.25) is 4.79 Å². The van der Waals surface area contributed by atoms with E-state index in [9.17, 15) is 4.79 Å². The summed E-state index contributed by atoms with van der Waals surface area (Å²) in [4.78, 5) is 12.2. The Bertz CT molecular complexity index is 546. The lowest BCUT2D eigenvalue weighted by Gasteiger charge is -2.22. The summed E-state index contributed by atoms with van der Waals surface area (Å²) < 4.78 is 12.6. The Kier molecular flexibility index (Phi) is 4.54. The number of hydrogen-bond donors (Lipinski definition) is 1. The molecule has 0 aromatic heterocycles. The molecule has 1 heterocycles. The van der Waals surface area contributed by atoms with Crippen LogP contribution in [0.15, 0.2) is 22.7 Å². The van der Waals surface area contributed by atoms with E-state index in [1.165, 1.54) is 0 Å². The van der Waals surface area contributed by atoms with Crippen molar-refractivity contribution in [2.24, 2.45) is 0 Å². The highest BCUT2D eigenvalue weighted by Crippen LogP contribution is 2.39. The molecule has 2 fully saturated rings. The molecular weight excluding hydrogens is 358 g/mol. The molecule has 1 saturated carbocycles. The normalized spacial score (nSPS) is 23.6. The molecule has 6 heteroatoms. The molecule has 114 valence electrons. The van der Waals surface area contributed by atoms with Gasteiger partial charge in [-0.2, -0.15) is 0 Å². The third-order valence-corrected chi connectivity index (χ3v) is 4.77. The number of amides is 1. The first-order valence-electron chi connectivity index (χ1n) is 7.13. The molecule has 2 aliphatic rings. The minimum Gasteiger partial charge on any atom is -0.349 e. The number of carbonyl (C=O) groups excluding carboxylic acids is 1. The van der Waals surface area contributed by atoms with Crippen molar-refractivity contribution in [3.8, 4) is 0 Å². The first kappa shape index (κ1) is 15.3. The van der Waals surface area contributed by atoms with Gasteiger partial charge in [0.05, 0.1) is 17.2 Å². The highest BCUT2D eigenvalue weighted by molar-refractivity contribution is 9.10. The molecule has 21 heavy (non-hydrogen) atoms. The third kappa shape index (κ3) is 3.42. The molecule has 1 amide bonds. The lowest BCUT2D eigenvalue weighted by atomic mass is 10.2. The van der Waals surface area contributed by atoms with E-state index >= 15 is 0 Å². The molecule has 3 rings (SSSR count). The van der Waals surface area contributed by atoms with Crippen LogP contribution in [-0.4, -0.2) is 30.9 Å². The van der Waals surface area contributed by atoms with Gasteiger partial charge in [-0.25, -0.2) is 0 Å². The summed E-state index contributed by atoms with van der Waals surface area (Å²) in [6.07, 6.45) is 4.11. The maximum Gasteiger partial charge on any atom is 0.252 e. The monoisotopic (exact) mass is 373 g/mol. The Morgan fingerprint density at radius 2 is 2.19 bits per heavy atom. The molecule has 1 N–H and O–H groups in total. The van der Waals surface area contributed by atoms with Crippen molar-refractivity contribution in [3.05, 3.63) is 33.3 Å². The molecule has 0 bridgehead atoms.